The third-order valence-electron chi connectivity index (χ3n) is 3.73. The van der Waals surface area contributed by atoms with Gasteiger partial charge < -0.3 is 16.2 Å². The first-order chi connectivity index (χ1) is 12.4. The summed E-state index contributed by atoms with van der Waals surface area (Å²) in [4.78, 5) is 20.0. The Labute approximate surface area is 159 Å². The zero-order valence-corrected chi connectivity index (χ0v) is 15.2. The number of hydrogen-bond acceptors (Lipinski definition) is 3. The molecule has 0 radical (unpaired) electrons. The fraction of sp³-hybridized carbons (Fsp3) is 0.0556. The zero-order valence-electron chi connectivity index (χ0n) is 13.7. The molecule has 8 heteroatoms. The van der Waals surface area contributed by atoms with E-state index in [0.29, 0.717) is 37.8 Å². The molecule has 0 bridgehead atoms. The van der Waals surface area contributed by atoms with Gasteiger partial charge in [-0.2, -0.15) is 4.99 Å². The van der Waals surface area contributed by atoms with Crippen LogP contribution in [0.25, 0.3) is 22.0 Å². The van der Waals surface area contributed by atoms with Crippen LogP contribution >= 0.6 is 23.2 Å². The van der Waals surface area contributed by atoms with Gasteiger partial charge in [0, 0.05) is 33.3 Å². The van der Waals surface area contributed by atoms with Crippen LogP contribution < -0.4 is 16.2 Å². The Hall–Kier alpha value is -2.83. The largest absolute Gasteiger partial charge is 0.496 e. The van der Waals surface area contributed by atoms with Crippen molar-refractivity contribution in [3.8, 4) is 16.9 Å². The molecular formula is C18H14Cl2N4O2. The van der Waals surface area contributed by atoms with Gasteiger partial charge in [0.2, 0.25) is 0 Å². The van der Waals surface area contributed by atoms with Gasteiger partial charge in [0.1, 0.15) is 5.75 Å². The first-order valence-electron chi connectivity index (χ1n) is 7.47. The second-order valence-electron chi connectivity index (χ2n) is 5.40. The Kier molecular flexibility index (Phi) is 4.97. The summed E-state index contributed by atoms with van der Waals surface area (Å²) >= 11 is 12.5. The molecule has 0 aliphatic rings. The molecule has 0 atom stereocenters. The molecule has 0 aliphatic carbocycles. The molecule has 1 heterocycles. The quantitative estimate of drug-likeness (QED) is 0.526. The molecule has 6 nitrogen and oxygen atoms in total. The number of carbonyl (C=O) groups excluding carboxylic acids is 1. The van der Waals surface area contributed by atoms with Crippen molar-refractivity contribution in [3.63, 3.8) is 0 Å². The predicted octanol–water partition coefficient (Wildman–Crippen LogP) is 3.63. The number of carbonyl (C=O) groups is 1. The van der Waals surface area contributed by atoms with Crippen molar-refractivity contribution in [2.24, 2.45) is 16.5 Å². The van der Waals surface area contributed by atoms with Crippen molar-refractivity contribution in [3.05, 3.63) is 58.2 Å². The molecule has 0 fully saturated rings. The maximum absolute atomic E-state index is 12.2. The fourth-order valence-electron chi connectivity index (χ4n) is 2.63. The molecule has 132 valence electrons. The van der Waals surface area contributed by atoms with E-state index in [4.69, 9.17) is 39.4 Å². The first-order valence-corrected chi connectivity index (χ1v) is 8.22. The Balaban J connectivity index is 2.30. The van der Waals surface area contributed by atoms with Gasteiger partial charge in [-0.1, -0.05) is 23.2 Å². The summed E-state index contributed by atoms with van der Waals surface area (Å²) < 4.78 is 5.43. The second kappa shape index (κ2) is 7.19. The molecule has 1 aromatic heterocycles. The molecule has 0 spiro atoms. The van der Waals surface area contributed by atoms with Gasteiger partial charge in [-0.3, -0.25) is 9.78 Å². The van der Waals surface area contributed by atoms with Crippen molar-refractivity contribution in [1.29, 1.82) is 0 Å². The van der Waals surface area contributed by atoms with Gasteiger partial charge in [0.25, 0.3) is 5.91 Å². The third kappa shape index (κ3) is 3.42. The Morgan fingerprint density at radius 2 is 1.92 bits per heavy atom. The number of nitrogens with zero attached hydrogens (tertiary/aromatic N) is 2. The lowest BCUT2D eigenvalue weighted by molar-refractivity contribution is 0.100. The van der Waals surface area contributed by atoms with Gasteiger partial charge >= 0.3 is 0 Å². The Bertz CT molecular complexity index is 1050. The highest BCUT2D eigenvalue weighted by Crippen LogP contribution is 2.40. The van der Waals surface area contributed by atoms with Crippen LogP contribution in [-0.4, -0.2) is 24.0 Å². The number of amides is 1. The van der Waals surface area contributed by atoms with Gasteiger partial charge in [0.05, 0.1) is 17.6 Å². The van der Waals surface area contributed by atoms with Crippen LogP contribution in [0.1, 0.15) is 10.4 Å². The van der Waals surface area contributed by atoms with Crippen LogP contribution in [0, 0.1) is 0 Å². The van der Waals surface area contributed by atoms with Crippen LogP contribution in [0.3, 0.4) is 0 Å². The lowest BCUT2D eigenvalue weighted by Gasteiger charge is -2.13. The molecule has 2 aromatic carbocycles. The zero-order chi connectivity index (χ0) is 18.8. The molecule has 0 unspecified atom stereocenters. The Morgan fingerprint density at radius 3 is 2.62 bits per heavy atom. The number of methoxy groups -OCH3 is 1. The normalized spacial score (nSPS) is 10.6. The van der Waals surface area contributed by atoms with Crippen molar-refractivity contribution in [1.82, 2.24) is 4.98 Å². The first kappa shape index (κ1) is 18.0. The Morgan fingerprint density at radius 1 is 1.15 bits per heavy atom. The predicted molar refractivity (Wildman–Crippen MR) is 104 cm³/mol. The van der Waals surface area contributed by atoms with Gasteiger partial charge in [-0.15, -0.1) is 0 Å². The number of hydrogen-bond donors (Lipinski definition) is 2. The van der Waals surface area contributed by atoms with Gasteiger partial charge in [-0.25, -0.2) is 0 Å². The summed E-state index contributed by atoms with van der Waals surface area (Å²) in [7, 11) is 1.54. The molecule has 26 heavy (non-hydrogen) atoms. The standard InChI is InChI=1S/C18H14Cl2N4O2/c1-26-15-7-10(19)3-4-11(15)16-12-6-9(17(25)24-18(21)22)2-5-14(12)23-8-13(16)20/h2-8H,1H3,(H4,21,22,24,25). The number of halogens is 2. The fourth-order valence-corrected chi connectivity index (χ4v) is 3.04. The number of ether oxygens (including phenoxy) is 1. The summed E-state index contributed by atoms with van der Waals surface area (Å²) in [6.07, 6.45) is 1.55. The minimum atomic E-state index is -0.555. The van der Waals surface area contributed by atoms with Crippen molar-refractivity contribution in [2.75, 3.05) is 7.11 Å². The number of nitrogens with two attached hydrogens (primary N) is 2. The van der Waals surface area contributed by atoms with E-state index < -0.39 is 5.91 Å². The number of aromatic nitrogens is 1. The van der Waals surface area contributed by atoms with E-state index in [-0.39, 0.29) is 5.96 Å². The number of guanidine groups is 1. The maximum atomic E-state index is 12.2. The molecular weight excluding hydrogens is 375 g/mol. The lowest BCUT2D eigenvalue weighted by atomic mass is 9.98. The van der Waals surface area contributed by atoms with Crippen LogP contribution in [0.5, 0.6) is 5.75 Å². The maximum Gasteiger partial charge on any atom is 0.280 e. The summed E-state index contributed by atoms with van der Waals surface area (Å²) in [5, 5.41) is 1.60. The van der Waals surface area contributed by atoms with E-state index in [0.717, 1.165) is 5.56 Å². The second-order valence-corrected chi connectivity index (χ2v) is 6.24. The monoisotopic (exact) mass is 388 g/mol. The van der Waals surface area contributed by atoms with Crippen LogP contribution in [0.2, 0.25) is 10.0 Å². The number of aliphatic imine (C=N–C) groups is 1. The highest BCUT2D eigenvalue weighted by molar-refractivity contribution is 6.35. The molecule has 0 saturated heterocycles. The van der Waals surface area contributed by atoms with E-state index in [2.05, 4.69) is 9.98 Å². The average Bonchev–Trinajstić information content (AvgIpc) is 2.61. The van der Waals surface area contributed by atoms with E-state index in [1.54, 1.807) is 49.7 Å². The molecule has 4 N–H and O–H groups in total. The van der Waals surface area contributed by atoms with Crippen LogP contribution in [-0.2, 0) is 0 Å². The van der Waals surface area contributed by atoms with E-state index in [9.17, 15) is 4.79 Å². The number of benzene rings is 2. The summed E-state index contributed by atoms with van der Waals surface area (Å²) in [6.45, 7) is 0. The van der Waals surface area contributed by atoms with E-state index in [1.165, 1.54) is 0 Å². The van der Waals surface area contributed by atoms with Crippen molar-refractivity contribution >= 4 is 46.0 Å². The molecule has 0 aliphatic heterocycles. The third-order valence-corrected chi connectivity index (χ3v) is 4.25. The smallest absolute Gasteiger partial charge is 0.280 e. The highest BCUT2D eigenvalue weighted by atomic mass is 35.5. The van der Waals surface area contributed by atoms with E-state index >= 15 is 0 Å². The van der Waals surface area contributed by atoms with Crippen molar-refractivity contribution in [2.45, 2.75) is 0 Å². The minimum Gasteiger partial charge on any atom is -0.496 e. The van der Waals surface area contributed by atoms with Gasteiger partial charge in [-0.05, 0) is 36.4 Å². The topological polar surface area (TPSA) is 104 Å². The summed E-state index contributed by atoms with van der Waals surface area (Å²) in [5.41, 5.74) is 12.9. The summed E-state index contributed by atoms with van der Waals surface area (Å²) in [6, 6.07) is 10.2. The highest BCUT2D eigenvalue weighted by Gasteiger charge is 2.16. The molecule has 1 amide bonds. The molecule has 3 aromatic rings. The molecule has 0 saturated carbocycles. The van der Waals surface area contributed by atoms with E-state index in [1.807, 2.05) is 0 Å². The number of fused-ring (bicyclic) bond motifs is 1. The van der Waals surface area contributed by atoms with Gasteiger partial charge in [0.15, 0.2) is 5.96 Å². The average molecular weight is 389 g/mol. The summed E-state index contributed by atoms with van der Waals surface area (Å²) in [5.74, 6) is -0.312. The molecule has 3 rings (SSSR count). The van der Waals surface area contributed by atoms with Crippen molar-refractivity contribution < 1.29 is 9.53 Å². The SMILES string of the molecule is COc1cc(Cl)ccc1-c1c(Cl)cnc2ccc(C(=O)N=C(N)N)cc12. The minimum absolute atomic E-state index is 0.307. The lowest BCUT2D eigenvalue weighted by Crippen LogP contribution is -2.24. The van der Waals surface area contributed by atoms with Crippen LogP contribution in [0.15, 0.2) is 47.6 Å². The number of rotatable bonds is 3. The number of pyridine rings is 1. The van der Waals surface area contributed by atoms with Crippen LogP contribution in [0.4, 0.5) is 0 Å².